The highest BCUT2D eigenvalue weighted by atomic mass is 32.2. The van der Waals surface area contributed by atoms with Crippen molar-refractivity contribution in [2.24, 2.45) is 5.41 Å². The number of carboxylic acids is 1. The average molecular weight is 680 g/mol. The van der Waals surface area contributed by atoms with Crippen LogP contribution in [0.5, 0.6) is 5.75 Å². The van der Waals surface area contributed by atoms with Crippen molar-refractivity contribution in [2.45, 2.75) is 63.6 Å². The molecule has 0 amide bonds. The lowest BCUT2D eigenvalue weighted by molar-refractivity contribution is -0.146. The molecule has 49 heavy (non-hydrogen) atoms. The third-order valence-electron chi connectivity index (χ3n) is 8.34. The molecule has 1 N–H and O–H groups in total. The molecule has 0 unspecified atom stereocenters. The fraction of sp³-hybridized carbons (Fsp3) is 0.275. The standard InChI is InChI=1S/C40H39F2N3O3S/c1-39(2,3)49-37-32-21-31(48-19-18-30-13-10-27-20-28(41)11-16-34(27)44-30)14-17-35(32)45(36(37)22-40(4,5)38(46)47)24-25-6-8-26(9-7-25)33-15-12-29(42)23-43-33/h6-17,20-21,23H,18-19,22,24H2,1-5H3,(H,46,47). The number of pyridine rings is 2. The van der Waals surface area contributed by atoms with Gasteiger partial charge in [0.15, 0.2) is 0 Å². The zero-order valence-corrected chi connectivity index (χ0v) is 29.1. The highest BCUT2D eigenvalue weighted by Crippen LogP contribution is 2.44. The summed E-state index contributed by atoms with van der Waals surface area (Å²) in [6.07, 6.45) is 2.12. The van der Waals surface area contributed by atoms with Gasteiger partial charge in [0.2, 0.25) is 0 Å². The number of thioether (sulfide) groups is 1. The minimum Gasteiger partial charge on any atom is -0.493 e. The molecule has 0 fully saturated rings. The Kier molecular flexibility index (Phi) is 9.49. The van der Waals surface area contributed by atoms with E-state index in [9.17, 15) is 18.7 Å². The van der Waals surface area contributed by atoms with E-state index in [2.05, 4.69) is 41.4 Å². The van der Waals surface area contributed by atoms with E-state index < -0.39 is 11.4 Å². The first-order valence-electron chi connectivity index (χ1n) is 16.2. The van der Waals surface area contributed by atoms with Crippen LogP contribution in [0.4, 0.5) is 8.78 Å². The maximum absolute atomic E-state index is 13.6. The Bertz CT molecular complexity index is 2140. The van der Waals surface area contributed by atoms with Crippen LogP contribution >= 0.6 is 11.8 Å². The number of aromatic nitrogens is 3. The van der Waals surface area contributed by atoms with Crippen molar-refractivity contribution in [3.05, 3.63) is 120 Å². The Morgan fingerprint density at radius 3 is 2.35 bits per heavy atom. The number of carboxylic acid groups (broad SMARTS) is 1. The van der Waals surface area contributed by atoms with Gasteiger partial charge in [0, 0.05) is 62.3 Å². The summed E-state index contributed by atoms with van der Waals surface area (Å²) in [5.74, 6) is -0.812. The third kappa shape index (κ3) is 7.94. The van der Waals surface area contributed by atoms with Gasteiger partial charge in [-0.3, -0.25) is 14.8 Å². The Morgan fingerprint density at radius 1 is 0.898 bits per heavy atom. The zero-order valence-electron chi connectivity index (χ0n) is 28.3. The maximum Gasteiger partial charge on any atom is 0.309 e. The Hall–Kier alpha value is -4.76. The summed E-state index contributed by atoms with van der Waals surface area (Å²) in [4.78, 5) is 22.3. The molecular formula is C40H39F2N3O3S. The van der Waals surface area contributed by atoms with Gasteiger partial charge in [-0.15, -0.1) is 11.8 Å². The summed E-state index contributed by atoms with van der Waals surface area (Å²) in [7, 11) is 0. The second-order valence-electron chi connectivity index (χ2n) is 13.9. The minimum absolute atomic E-state index is 0.146. The fourth-order valence-corrected chi connectivity index (χ4v) is 6.96. The molecule has 9 heteroatoms. The third-order valence-corrected chi connectivity index (χ3v) is 9.61. The number of halogens is 2. The van der Waals surface area contributed by atoms with E-state index in [1.165, 1.54) is 24.4 Å². The van der Waals surface area contributed by atoms with Gasteiger partial charge >= 0.3 is 5.97 Å². The molecule has 6 aromatic rings. The molecule has 3 aromatic carbocycles. The second-order valence-corrected chi connectivity index (χ2v) is 15.8. The molecule has 6 nitrogen and oxygen atoms in total. The van der Waals surface area contributed by atoms with Gasteiger partial charge in [0.05, 0.1) is 29.4 Å². The van der Waals surface area contributed by atoms with Crippen molar-refractivity contribution < 1.29 is 23.4 Å². The number of nitrogens with zero attached hydrogens (tertiary/aromatic N) is 3. The average Bonchev–Trinajstić information content (AvgIpc) is 3.30. The molecule has 3 aromatic heterocycles. The van der Waals surface area contributed by atoms with Crippen LogP contribution in [0, 0.1) is 17.0 Å². The molecule has 0 saturated heterocycles. The van der Waals surface area contributed by atoms with E-state index in [1.807, 2.05) is 48.5 Å². The molecule has 0 aliphatic heterocycles. The van der Waals surface area contributed by atoms with Gasteiger partial charge in [-0.25, -0.2) is 8.78 Å². The van der Waals surface area contributed by atoms with E-state index in [0.717, 1.165) is 49.2 Å². The number of carbonyl (C=O) groups is 1. The summed E-state index contributed by atoms with van der Waals surface area (Å²) in [6.45, 7) is 10.9. The van der Waals surface area contributed by atoms with Gasteiger partial charge < -0.3 is 14.4 Å². The van der Waals surface area contributed by atoms with Gasteiger partial charge in [0.25, 0.3) is 0 Å². The Labute approximate surface area is 289 Å². The van der Waals surface area contributed by atoms with Crippen molar-refractivity contribution in [3.63, 3.8) is 0 Å². The second kappa shape index (κ2) is 13.6. The van der Waals surface area contributed by atoms with Crippen molar-refractivity contribution in [2.75, 3.05) is 6.61 Å². The Balaban J connectivity index is 1.34. The largest absolute Gasteiger partial charge is 0.493 e. The lowest BCUT2D eigenvalue weighted by atomic mass is 9.88. The summed E-state index contributed by atoms with van der Waals surface area (Å²) in [5, 5.41) is 11.9. The van der Waals surface area contributed by atoms with Crippen molar-refractivity contribution in [1.82, 2.24) is 14.5 Å². The summed E-state index contributed by atoms with van der Waals surface area (Å²) in [6, 6.07) is 25.5. The van der Waals surface area contributed by atoms with Gasteiger partial charge in [-0.1, -0.05) is 51.1 Å². The zero-order chi connectivity index (χ0) is 34.9. The molecule has 0 bridgehead atoms. The SMILES string of the molecule is CC(C)(C)Sc1c(CC(C)(C)C(=O)O)n(Cc2ccc(-c3ccc(F)cn3)cc2)c2ccc(OCCc3ccc4cc(F)ccc4n3)cc12. The molecule has 0 atom stereocenters. The highest BCUT2D eigenvalue weighted by molar-refractivity contribution is 8.00. The molecule has 0 aliphatic carbocycles. The lowest BCUT2D eigenvalue weighted by Gasteiger charge is -2.24. The van der Waals surface area contributed by atoms with Gasteiger partial charge in [0.1, 0.15) is 17.4 Å². The van der Waals surface area contributed by atoms with Crippen LogP contribution in [-0.4, -0.2) is 37.0 Å². The first-order valence-corrected chi connectivity index (χ1v) is 17.0. The van der Waals surface area contributed by atoms with E-state index in [4.69, 9.17) is 4.74 Å². The highest BCUT2D eigenvalue weighted by Gasteiger charge is 2.33. The lowest BCUT2D eigenvalue weighted by Crippen LogP contribution is -2.28. The van der Waals surface area contributed by atoms with Crippen molar-refractivity contribution in [3.8, 4) is 17.0 Å². The number of hydrogen-bond donors (Lipinski definition) is 1. The van der Waals surface area contributed by atoms with E-state index in [0.29, 0.717) is 37.4 Å². The van der Waals surface area contributed by atoms with Crippen LogP contribution in [0.15, 0.2) is 96.0 Å². The molecular weight excluding hydrogens is 641 g/mol. The number of hydrogen-bond acceptors (Lipinski definition) is 5. The van der Waals surface area contributed by atoms with E-state index in [-0.39, 0.29) is 16.4 Å². The van der Waals surface area contributed by atoms with E-state index in [1.54, 1.807) is 37.7 Å². The first-order chi connectivity index (χ1) is 23.3. The number of ether oxygens (including phenoxy) is 1. The number of benzene rings is 3. The molecule has 252 valence electrons. The molecule has 3 heterocycles. The van der Waals surface area contributed by atoms with Gasteiger partial charge in [-0.05, 0) is 74.0 Å². The molecule has 0 spiro atoms. The van der Waals surface area contributed by atoms with Crippen LogP contribution in [0.25, 0.3) is 33.1 Å². The number of fused-ring (bicyclic) bond motifs is 2. The predicted octanol–water partition coefficient (Wildman–Crippen LogP) is 9.74. The smallest absolute Gasteiger partial charge is 0.309 e. The van der Waals surface area contributed by atoms with Crippen LogP contribution in [0.1, 0.15) is 51.6 Å². The number of aliphatic carboxylic acids is 1. The fourth-order valence-electron chi connectivity index (χ4n) is 5.78. The van der Waals surface area contributed by atoms with Gasteiger partial charge in [-0.2, -0.15) is 0 Å². The predicted molar refractivity (Wildman–Crippen MR) is 192 cm³/mol. The van der Waals surface area contributed by atoms with Crippen LogP contribution in [0.3, 0.4) is 0 Å². The minimum atomic E-state index is -1.00. The summed E-state index contributed by atoms with van der Waals surface area (Å²) in [5.41, 5.74) is 5.14. The normalized spacial score (nSPS) is 12.1. The van der Waals surface area contributed by atoms with Crippen molar-refractivity contribution >= 4 is 39.5 Å². The van der Waals surface area contributed by atoms with Crippen LogP contribution in [-0.2, 0) is 24.2 Å². The molecule has 0 saturated carbocycles. The van der Waals surface area contributed by atoms with E-state index >= 15 is 0 Å². The quantitative estimate of drug-likeness (QED) is 0.137. The molecule has 6 rings (SSSR count). The topological polar surface area (TPSA) is 77.2 Å². The molecule has 0 aliphatic rings. The maximum atomic E-state index is 13.6. The first kappa shape index (κ1) is 34.1. The summed E-state index contributed by atoms with van der Waals surface area (Å²) < 4.78 is 35.4. The monoisotopic (exact) mass is 679 g/mol. The molecule has 0 radical (unpaired) electrons. The Morgan fingerprint density at radius 2 is 1.65 bits per heavy atom. The van der Waals surface area contributed by atoms with Crippen molar-refractivity contribution in [1.29, 1.82) is 0 Å². The van der Waals surface area contributed by atoms with Crippen LogP contribution in [0.2, 0.25) is 0 Å². The number of rotatable bonds is 11. The summed E-state index contributed by atoms with van der Waals surface area (Å²) >= 11 is 1.73. The van der Waals surface area contributed by atoms with Crippen LogP contribution < -0.4 is 4.74 Å².